The van der Waals surface area contributed by atoms with E-state index in [1.165, 1.54) is 36.0 Å². The third-order valence-corrected chi connectivity index (χ3v) is 3.92. The van der Waals surface area contributed by atoms with Crippen LogP contribution in [0.4, 0.5) is 0 Å². The summed E-state index contributed by atoms with van der Waals surface area (Å²) in [4.78, 5) is 0. The van der Waals surface area contributed by atoms with Crippen molar-refractivity contribution < 1.29 is 18.9 Å². The second-order valence-corrected chi connectivity index (χ2v) is 5.41. The largest absolute Gasteiger partial charge is 1.00 e. The van der Waals surface area contributed by atoms with Crippen LogP contribution in [0.1, 0.15) is 55.2 Å². The zero-order valence-corrected chi connectivity index (χ0v) is 13.5. The molecule has 0 radical (unpaired) electrons. The molecule has 0 N–H and O–H groups in total. The van der Waals surface area contributed by atoms with Crippen LogP contribution in [0.25, 0.3) is 0 Å². The molecule has 0 saturated heterocycles. The maximum absolute atomic E-state index is 4.07. The fraction of sp³-hybridized carbons (Fsp3) is 0.350. The molecule has 0 aromatic heterocycles. The van der Waals surface area contributed by atoms with E-state index in [-0.39, 0.29) is 18.9 Å². The minimum Gasteiger partial charge on any atom is -0.343 e. The Bertz CT molecular complexity index is 504. The molecular weight excluding hydrogens is 247 g/mol. The van der Waals surface area contributed by atoms with Gasteiger partial charge in [-0.25, -0.2) is 0 Å². The number of hydrogen-bond acceptors (Lipinski definition) is 0. The predicted molar refractivity (Wildman–Crippen MR) is 87.9 cm³/mol. The zero-order valence-electron chi connectivity index (χ0n) is 13.5. The number of benzene rings is 2. The van der Waals surface area contributed by atoms with Crippen LogP contribution in [0.2, 0.25) is 0 Å². The summed E-state index contributed by atoms with van der Waals surface area (Å²) in [6.45, 7) is 6.33. The summed E-state index contributed by atoms with van der Waals surface area (Å²) in [5.41, 5.74) is 4.42. The molecule has 0 bridgehead atoms. The molecule has 0 aliphatic heterocycles. The van der Waals surface area contributed by atoms with Gasteiger partial charge in [0, 0.05) is 5.92 Å². The Morgan fingerprint density at radius 3 is 2.29 bits per heavy atom. The van der Waals surface area contributed by atoms with Crippen LogP contribution in [0.15, 0.2) is 54.6 Å². The first-order valence-electron chi connectivity index (χ1n) is 7.78. The molecule has 1 atom stereocenters. The fourth-order valence-corrected chi connectivity index (χ4v) is 2.86. The average molecular weight is 272 g/mol. The van der Waals surface area contributed by atoms with E-state index < -0.39 is 0 Å². The molecule has 1 heteroatoms. The van der Waals surface area contributed by atoms with Crippen molar-refractivity contribution in [1.82, 2.24) is 0 Å². The van der Waals surface area contributed by atoms with Gasteiger partial charge in [0.25, 0.3) is 0 Å². The smallest absolute Gasteiger partial charge is 0.343 e. The van der Waals surface area contributed by atoms with Gasteiger partial charge in [0.05, 0.1) is 0 Å². The Morgan fingerprint density at radius 1 is 0.952 bits per heavy atom. The molecule has 106 valence electrons. The molecule has 0 amide bonds. The second-order valence-electron chi connectivity index (χ2n) is 5.41. The first kappa shape index (κ1) is 18.1. The zero-order chi connectivity index (χ0) is 14.2. The normalized spacial score (nSPS) is 11.7. The van der Waals surface area contributed by atoms with Gasteiger partial charge in [0.2, 0.25) is 0 Å². The van der Waals surface area contributed by atoms with E-state index in [9.17, 15) is 0 Å². The molecule has 2 aromatic carbocycles. The molecule has 2 rings (SSSR count). The quantitative estimate of drug-likeness (QED) is 0.537. The fourth-order valence-electron chi connectivity index (χ4n) is 2.86. The van der Waals surface area contributed by atoms with Crippen molar-refractivity contribution in [3.05, 3.63) is 78.2 Å². The van der Waals surface area contributed by atoms with Gasteiger partial charge in [-0.3, -0.25) is 0 Å². The first-order valence-corrected chi connectivity index (χ1v) is 7.78. The topological polar surface area (TPSA) is 0 Å². The van der Waals surface area contributed by atoms with Gasteiger partial charge in [-0.05, 0) is 29.5 Å². The van der Waals surface area contributed by atoms with Gasteiger partial charge in [-0.1, -0.05) is 74.4 Å². The van der Waals surface area contributed by atoms with Crippen LogP contribution in [0, 0.1) is 6.92 Å². The number of rotatable bonds is 7. The average Bonchev–Trinajstić information content (AvgIpc) is 2.52. The van der Waals surface area contributed by atoms with Crippen LogP contribution in [-0.4, -0.2) is 0 Å². The van der Waals surface area contributed by atoms with Crippen molar-refractivity contribution >= 4 is 0 Å². The van der Waals surface area contributed by atoms with Crippen LogP contribution in [-0.2, 0) is 6.42 Å². The second kappa shape index (κ2) is 9.88. The van der Waals surface area contributed by atoms with E-state index >= 15 is 0 Å². The van der Waals surface area contributed by atoms with E-state index in [0.717, 1.165) is 12.8 Å². The van der Waals surface area contributed by atoms with Crippen molar-refractivity contribution in [2.45, 2.75) is 44.9 Å². The Kier molecular flexibility index (Phi) is 8.51. The first-order chi connectivity index (χ1) is 9.86. The summed E-state index contributed by atoms with van der Waals surface area (Å²) >= 11 is 0. The van der Waals surface area contributed by atoms with E-state index in [2.05, 4.69) is 68.4 Å². The monoisotopic (exact) mass is 272 g/mol. The Hall–Kier alpha value is -0.963. The Balaban J connectivity index is 0.00000220. The molecule has 0 nitrogen and oxygen atoms in total. The maximum Gasteiger partial charge on any atom is 1.00 e. The molecule has 0 spiro atoms. The van der Waals surface area contributed by atoms with Gasteiger partial charge in [0.15, 0.2) is 0 Å². The Labute approximate surface area is 142 Å². The molecule has 0 fully saturated rings. The number of unbranched alkanes of at least 4 members (excludes halogenated alkanes) is 1. The molecule has 0 aliphatic rings. The van der Waals surface area contributed by atoms with Crippen LogP contribution >= 0.6 is 0 Å². The molecule has 0 saturated carbocycles. The van der Waals surface area contributed by atoms with Crippen molar-refractivity contribution in [3.8, 4) is 0 Å². The van der Waals surface area contributed by atoms with Crippen LogP contribution in [0.5, 0.6) is 0 Å². The molecule has 2 aromatic rings. The van der Waals surface area contributed by atoms with E-state index in [4.69, 9.17) is 0 Å². The Morgan fingerprint density at radius 2 is 1.62 bits per heavy atom. The molecule has 21 heavy (non-hydrogen) atoms. The molecule has 0 heterocycles. The molecule has 1 unspecified atom stereocenters. The van der Waals surface area contributed by atoms with Crippen LogP contribution in [0.3, 0.4) is 0 Å². The SMILES string of the molecule is [CH2-]CCC(c1ccccc1)c1ccccc1CCCC.[Li+]. The number of aryl methyl sites for hydroxylation is 1. The summed E-state index contributed by atoms with van der Waals surface area (Å²) in [6.07, 6.45) is 5.80. The molecular formula is C20H25Li. The van der Waals surface area contributed by atoms with Gasteiger partial charge < -0.3 is 6.92 Å². The van der Waals surface area contributed by atoms with Gasteiger partial charge in [-0.2, -0.15) is 6.42 Å². The third kappa shape index (κ3) is 5.06. The standard InChI is InChI=1S/C20H25.Li/c1-3-5-12-17-15-9-10-16-20(17)19(11-4-2)18-13-7-6-8-14-18;/h6-10,13-16,19H,2-5,11-12H2,1H3;/q-1;+1. The van der Waals surface area contributed by atoms with Crippen LogP contribution < -0.4 is 18.9 Å². The summed E-state index contributed by atoms with van der Waals surface area (Å²) in [5, 5.41) is 0. The summed E-state index contributed by atoms with van der Waals surface area (Å²) in [6, 6.07) is 19.8. The minimum absolute atomic E-state index is 0. The van der Waals surface area contributed by atoms with Crippen molar-refractivity contribution in [1.29, 1.82) is 0 Å². The van der Waals surface area contributed by atoms with E-state index in [0.29, 0.717) is 5.92 Å². The van der Waals surface area contributed by atoms with Gasteiger partial charge >= 0.3 is 18.9 Å². The van der Waals surface area contributed by atoms with Crippen molar-refractivity contribution in [3.63, 3.8) is 0 Å². The van der Waals surface area contributed by atoms with Gasteiger partial charge in [-0.15, -0.1) is 0 Å². The summed E-state index contributed by atoms with van der Waals surface area (Å²) in [7, 11) is 0. The molecule has 0 aliphatic carbocycles. The van der Waals surface area contributed by atoms with Crippen molar-refractivity contribution in [2.75, 3.05) is 0 Å². The third-order valence-electron chi connectivity index (χ3n) is 3.92. The maximum atomic E-state index is 4.07. The summed E-state index contributed by atoms with van der Waals surface area (Å²) < 4.78 is 0. The minimum atomic E-state index is 0. The number of hydrogen-bond donors (Lipinski definition) is 0. The van der Waals surface area contributed by atoms with Gasteiger partial charge in [0.1, 0.15) is 0 Å². The summed E-state index contributed by atoms with van der Waals surface area (Å²) in [5.74, 6) is 0.488. The van der Waals surface area contributed by atoms with E-state index in [1.54, 1.807) is 0 Å². The van der Waals surface area contributed by atoms with Crippen molar-refractivity contribution in [2.24, 2.45) is 0 Å². The predicted octanol–water partition coefficient (Wildman–Crippen LogP) is 2.78. The van der Waals surface area contributed by atoms with E-state index in [1.807, 2.05) is 0 Å².